The number of hydrogen-bond acceptors (Lipinski definition) is 4. The van der Waals surface area contributed by atoms with Crippen molar-refractivity contribution in [2.75, 3.05) is 19.6 Å². The van der Waals surface area contributed by atoms with Crippen molar-refractivity contribution in [2.24, 2.45) is 5.92 Å². The molecular weight excluding hydrogens is 304 g/mol. The van der Waals surface area contributed by atoms with Crippen LogP contribution in [0.5, 0.6) is 0 Å². The summed E-state index contributed by atoms with van der Waals surface area (Å²) in [6.07, 6.45) is 8.57. The highest BCUT2D eigenvalue weighted by Crippen LogP contribution is 2.23. The number of nitriles is 1. The first kappa shape index (κ1) is 18.3. The summed E-state index contributed by atoms with van der Waals surface area (Å²) in [6.45, 7) is 4.17. The van der Waals surface area contributed by atoms with Crippen molar-refractivity contribution in [3.05, 3.63) is 11.8 Å². The van der Waals surface area contributed by atoms with E-state index in [1.807, 2.05) is 11.0 Å². The minimum absolute atomic E-state index is 0.116. The fourth-order valence-corrected chi connectivity index (χ4v) is 3.41. The zero-order chi connectivity index (χ0) is 17.4. The van der Waals surface area contributed by atoms with Crippen LogP contribution in [0.25, 0.3) is 0 Å². The van der Waals surface area contributed by atoms with Gasteiger partial charge in [-0.1, -0.05) is 19.8 Å². The van der Waals surface area contributed by atoms with Gasteiger partial charge in [0.2, 0.25) is 5.91 Å². The van der Waals surface area contributed by atoms with E-state index in [0.717, 1.165) is 19.4 Å². The van der Waals surface area contributed by atoms with E-state index in [-0.39, 0.29) is 17.4 Å². The predicted octanol–water partition coefficient (Wildman–Crippen LogP) is 1.69. The molecule has 0 aromatic rings. The minimum atomic E-state index is -0.346. The maximum Gasteiger partial charge on any atom is 0.263 e. The number of likely N-dealkylation sites (tertiary alicyclic amines) is 1. The van der Waals surface area contributed by atoms with Crippen molar-refractivity contribution in [3.63, 3.8) is 0 Å². The highest BCUT2D eigenvalue weighted by Gasteiger charge is 2.21. The molecule has 6 heteroatoms. The molecule has 6 nitrogen and oxygen atoms in total. The third-order valence-corrected chi connectivity index (χ3v) is 4.98. The molecule has 132 valence electrons. The Morgan fingerprint density at radius 1 is 1.38 bits per heavy atom. The molecule has 0 spiro atoms. The summed E-state index contributed by atoms with van der Waals surface area (Å²) >= 11 is 0. The number of nitrogens with one attached hydrogen (secondary N) is 2. The summed E-state index contributed by atoms with van der Waals surface area (Å²) in [5.41, 5.74) is 0.116. The van der Waals surface area contributed by atoms with Gasteiger partial charge in [0.1, 0.15) is 11.6 Å². The number of hydrogen-bond donors (Lipinski definition) is 2. The van der Waals surface area contributed by atoms with Gasteiger partial charge in [0.25, 0.3) is 5.91 Å². The molecule has 2 atom stereocenters. The van der Waals surface area contributed by atoms with E-state index in [0.29, 0.717) is 37.9 Å². The van der Waals surface area contributed by atoms with E-state index in [1.165, 1.54) is 19.3 Å². The Kier molecular flexibility index (Phi) is 7.10. The first-order chi connectivity index (χ1) is 11.6. The third kappa shape index (κ3) is 5.26. The predicted molar refractivity (Wildman–Crippen MR) is 91.7 cm³/mol. The van der Waals surface area contributed by atoms with E-state index in [9.17, 15) is 14.9 Å². The topological polar surface area (TPSA) is 85.2 Å². The Labute approximate surface area is 144 Å². The minimum Gasteiger partial charge on any atom is -0.387 e. The van der Waals surface area contributed by atoms with Gasteiger partial charge in [-0.2, -0.15) is 5.26 Å². The first-order valence-electron chi connectivity index (χ1n) is 9.04. The molecule has 2 N–H and O–H groups in total. The summed E-state index contributed by atoms with van der Waals surface area (Å²) in [5.74, 6) is 0.418. The summed E-state index contributed by atoms with van der Waals surface area (Å²) < 4.78 is 0. The fraction of sp³-hybridized carbons (Fsp3) is 0.722. The molecule has 2 unspecified atom stereocenters. The Bertz CT molecular complexity index is 524. The Morgan fingerprint density at radius 3 is 2.83 bits per heavy atom. The Hall–Kier alpha value is -2.03. The Morgan fingerprint density at radius 2 is 2.17 bits per heavy atom. The average molecular weight is 332 g/mol. The molecule has 1 aliphatic heterocycles. The SMILES string of the molecule is CC1CCCCC1N/C=C(/C#N)C(=O)NCCCN1CCCC1=O. The lowest BCUT2D eigenvalue weighted by molar-refractivity contribution is -0.127. The van der Waals surface area contributed by atoms with Crippen LogP contribution < -0.4 is 10.6 Å². The van der Waals surface area contributed by atoms with E-state index >= 15 is 0 Å². The molecule has 0 aromatic carbocycles. The molecule has 1 heterocycles. The van der Waals surface area contributed by atoms with Gasteiger partial charge in [0, 0.05) is 38.3 Å². The number of rotatable bonds is 7. The molecule has 0 radical (unpaired) electrons. The van der Waals surface area contributed by atoms with Gasteiger partial charge in [-0.15, -0.1) is 0 Å². The van der Waals surface area contributed by atoms with Gasteiger partial charge >= 0.3 is 0 Å². The van der Waals surface area contributed by atoms with Crippen LogP contribution in [0, 0.1) is 17.2 Å². The Balaban J connectivity index is 1.71. The lowest BCUT2D eigenvalue weighted by Gasteiger charge is -2.29. The molecule has 1 aliphatic carbocycles. The second-order valence-electron chi connectivity index (χ2n) is 6.80. The van der Waals surface area contributed by atoms with Crippen LogP contribution in [0.3, 0.4) is 0 Å². The lowest BCUT2D eigenvalue weighted by Crippen LogP contribution is -2.35. The molecule has 2 rings (SSSR count). The van der Waals surface area contributed by atoms with E-state index in [1.54, 1.807) is 6.20 Å². The van der Waals surface area contributed by atoms with E-state index in [4.69, 9.17) is 0 Å². The summed E-state index contributed by atoms with van der Waals surface area (Å²) in [6, 6.07) is 2.31. The number of amides is 2. The summed E-state index contributed by atoms with van der Waals surface area (Å²) in [7, 11) is 0. The van der Waals surface area contributed by atoms with E-state index < -0.39 is 0 Å². The van der Waals surface area contributed by atoms with Gasteiger partial charge in [-0.3, -0.25) is 9.59 Å². The third-order valence-electron chi connectivity index (χ3n) is 4.98. The average Bonchev–Trinajstić information content (AvgIpc) is 2.99. The fourth-order valence-electron chi connectivity index (χ4n) is 3.41. The normalized spacial score (nSPS) is 24.6. The standard InChI is InChI=1S/C18H28N4O2/c1-14-6-2-3-7-16(14)21-13-15(12-19)18(24)20-9-5-11-22-10-4-8-17(22)23/h13-14,16,21H,2-11H2,1H3,(H,20,24)/b15-13-. The molecular formula is C18H28N4O2. The van der Waals surface area contributed by atoms with Crippen LogP contribution in [0.2, 0.25) is 0 Å². The van der Waals surface area contributed by atoms with Crippen LogP contribution >= 0.6 is 0 Å². The van der Waals surface area contributed by atoms with Gasteiger partial charge < -0.3 is 15.5 Å². The van der Waals surface area contributed by atoms with Crippen molar-refractivity contribution < 1.29 is 9.59 Å². The zero-order valence-corrected chi connectivity index (χ0v) is 14.5. The van der Waals surface area contributed by atoms with Crippen LogP contribution in [0.15, 0.2) is 11.8 Å². The maximum atomic E-state index is 12.1. The molecule has 24 heavy (non-hydrogen) atoms. The second-order valence-corrected chi connectivity index (χ2v) is 6.80. The van der Waals surface area contributed by atoms with Crippen molar-refractivity contribution in [1.82, 2.24) is 15.5 Å². The van der Waals surface area contributed by atoms with E-state index in [2.05, 4.69) is 17.6 Å². The van der Waals surface area contributed by atoms with Crippen molar-refractivity contribution in [3.8, 4) is 6.07 Å². The second kappa shape index (κ2) is 9.31. The van der Waals surface area contributed by atoms with Crippen LogP contribution in [0.4, 0.5) is 0 Å². The van der Waals surface area contributed by atoms with Gasteiger partial charge in [0.15, 0.2) is 0 Å². The largest absolute Gasteiger partial charge is 0.387 e. The lowest BCUT2D eigenvalue weighted by atomic mass is 9.86. The van der Waals surface area contributed by atoms with Gasteiger partial charge in [-0.05, 0) is 31.6 Å². The maximum absolute atomic E-state index is 12.1. The quantitative estimate of drug-likeness (QED) is 0.422. The number of nitrogens with zero attached hydrogens (tertiary/aromatic N) is 2. The molecule has 2 amide bonds. The van der Waals surface area contributed by atoms with Crippen LogP contribution in [-0.2, 0) is 9.59 Å². The summed E-state index contributed by atoms with van der Waals surface area (Å²) in [4.78, 5) is 25.4. The molecule has 1 saturated heterocycles. The number of carbonyl (C=O) groups is 2. The first-order valence-corrected chi connectivity index (χ1v) is 9.04. The molecule has 0 aromatic heterocycles. The van der Waals surface area contributed by atoms with Crippen molar-refractivity contribution in [2.45, 2.75) is 57.9 Å². The number of carbonyl (C=O) groups excluding carboxylic acids is 2. The van der Waals surface area contributed by atoms with Gasteiger partial charge in [-0.25, -0.2) is 0 Å². The van der Waals surface area contributed by atoms with Crippen molar-refractivity contribution >= 4 is 11.8 Å². The molecule has 0 bridgehead atoms. The summed E-state index contributed by atoms with van der Waals surface area (Å²) in [5, 5.41) is 15.2. The van der Waals surface area contributed by atoms with Crippen LogP contribution in [0.1, 0.15) is 51.9 Å². The monoisotopic (exact) mass is 332 g/mol. The smallest absolute Gasteiger partial charge is 0.263 e. The van der Waals surface area contributed by atoms with Crippen molar-refractivity contribution in [1.29, 1.82) is 5.26 Å². The highest BCUT2D eigenvalue weighted by molar-refractivity contribution is 5.97. The van der Waals surface area contributed by atoms with Crippen LogP contribution in [-0.4, -0.2) is 42.4 Å². The van der Waals surface area contributed by atoms with Gasteiger partial charge in [0.05, 0.1) is 0 Å². The zero-order valence-electron chi connectivity index (χ0n) is 14.5. The molecule has 1 saturated carbocycles. The molecule has 2 fully saturated rings. The highest BCUT2D eigenvalue weighted by atomic mass is 16.2. The molecule has 2 aliphatic rings.